The fourth-order valence-electron chi connectivity index (χ4n) is 2.31. The maximum Gasteiger partial charge on any atom is 0.246 e. The topological polar surface area (TPSA) is 49.4 Å². The van der Waals surface area contributed by atoms with E-state index in [1.807, 2.05) is 20.8 Å². The van der Waals surface area contributed by atoms with E-state index in [4.69, 9.17) is 0 Å². The van der Waals surface area contributed by atoms with Gasteiger partial charge in [0.2, 0.25) is 11.8 Å². The third kappa shape index (κ3) is 1.70. The van der Waals surface area contributed by atoms with E-state index >= 15 is 0 Å². The Labute approximate surface area is 96.4 Å². The summed E-state index contributed by atoms with van der Waals surface area (Å²) >= 11 is 0. The zero-order valence-corrected chi connectivity index (χ0v) is 10.2. The molecule has 0 aromatic rings. The largest absolute Gasteiger partial charge is 0.342 e. The van der Waals surface area contributed by atoms with E-state index in [9.17, 15) is 9.59 Å². The van der Waals surface area contributed by atoms with E-state index in [0.717, 1.165) is 19.3 Å². The Bertz CT molecular complexity index is 321. The first kappa shape index (κ1) is 11.4. The lowest BCUT2D eigenvalue weighted by Crippen LogP contribution is -2.68. The number of nitrogens with zero attached hydrogens (tertiary/aromatic N) is 1. The summed E-state index contributed by atoms with van der Waals surface area (Å²) in [6, 6.07) is -0.257. The van der Waals surface area contributed by atoms with Gasteiger partial charge in [-0.25, -0.2) is 0 Å². The van der Waals surface area contributed by atoms with Gasteiger partial charge < -0.3 is 10.2 Å². The van der Waals surface area contributed by atoms with Gasteiger partial charge in [0.1, 0.15) is 11.6 Å². The van der Waals surface area contributed by atoms with Crippen molar-refractivity contribution in [1.29, 1.82) is 0 Å². The number of carbonyl (C=O) groups excluding carboxylic acids is 2. The van der Waals surface area contributed by atoms with Gasteiger partial charge in [0.15, 0.2) is 0 Å². The SMILES string of the molecule is CCCN1C(=O)C(C2CC2)NC(=O)C1(C)C. The third-order valence-corrected chi connectivity index (χ3v) is 3.59. The van der Waals surface area contributed by atoms with Crippen LogP contribution < -0.4 is 5.32 Å². The summed E-state index contributed by atoms with van der Waals surface area (Å²) in [4.78, 5) is 26.0. The molecule has 1 aliphatic carbocycles. The minimum Gasteiger partial charge on any atom is -0.342 e. The van der Waals surface area contributed by atoms with Crippen molar-refractivity contribution in [3.05, 3.63) is 0 Å². The van der Waals surface area contributed by atoms with E-state index in [2.05, 4.69) is 5.32 Å². The van der Waals surface area contributed by atoms with E-state index in [1.54, 1.807) is 4.90 Å². The highest BCUT2D eigenvalue weighted by atomic mass is 16.2. The minimum absolute atomic E-state index is 0.0162. The van der Waals surface area contributed by atoms with E-state index in [0.29, 0.717) is 12.5 Å². The first-order valence-electron chi connectivity index (χ1n) is 6.11. The zero-order chi connectivity index (χ0) is 11.9. The molecule has 1 N–H and O–H groups in total. The Hall–Kier alpha value is -1.06. The summed E-state index contributed by atoms with van der Waals surface area (Å²) in [6.07, 6.45) is 3.02. The molecule has 1 atom stereocenters. The van der Waals surface area contributed by atoms with Crippen LogP contribution in [-0.2, 0) is 9.59 Å². The summed E-state index contributed by atoms with van der Waals surface area (Å²) < 4.78 is 0. The van der Waals surface area contributed by atoms with E-state index in [-0.39, 0.29) is 17.9 Å². The van der Waals surface area contributed by atoms with Crippen LogP contribution in [0.1, 0.15) is 40.0 Å². The maximum absolute atomic E-state index is 12.3. The molecule has 0 aromatic heterocycles. The molecule has 90 valence electrons. The second-order valence-electron chi connectivity index (χ2n) is 5.34. The molecule has 0 bridgehead atoms. The average molecular weight is 224 g/mol. The number of rotatable bonds is 3. The van der Waals surface area contributed by atoms with Crippen LogP contribution in [-0.4, -0.2) is 34.8 Å². The number of amides is 2. The maximum atomic E-state index is 12.3. The molecule has 1 unspecified atom stereocenters. The molecule has 4 nitrogen and oxygen atoms in total. The fraction of sp³-hybridized carbons (Fsp3) is 0.833. The predicted octanol–water partition coefficient (Wildman–Crippen LogP) is 0.912. The second kappa shape index (κ2) is 3.75. The summed E-state index contributed by atoms with van der Waals surface area (Å²) in [5.41, 5.74) is -0.696. The summed E-state index contributed by atoms with van der Waals surface area (Å²) in [5, 5.41) is 2.88. The molecule has 1 saturated carbocycles. The standard InChI is InChI=1S/C12H20N2O2/c1-4-7-14-10(15)9(8-5-6-8)13-11(16)12(14,2)3/h8-9H,4-7H2,1-3H3,(H,13,16). The Morgan fingerprint density at radius 2 is 2.00 bits per heavy atom. The molecule has 0 radical (unpaired) electrons. The first-order chi connectivity index (χ1) is 7.48. The first-order valence-corrected chi connectivity index (χ1v) is 6.11. The van der Waals surface area contributed by atoms with Crippen LogP contribution in [0.25, 0.3) is 0 Å². The van der Waals surface area contributed by atoms with Crippen molar-refractivity contribution in [2.75, 3.05) is 6.54 Å². The van der Waals surface area contributed by atoms with Crippen molar-refractivity contribution in [1.82, 2.24) is 10.2 Å². The molecule has 0 aromatic carbocycles. The van der Waals surface area contributed by atoms with Crippen LogP contribution in [0.2, 0.25) is 0 Å². The van der Waals surface area contributed by atoms with E-state index < -0.39 is 5.54 Å². The Kier molecular flexibility index (Phi) is 2.68. The number of hydrogen-bond acceptors (Lipinski definition) is 2. The van der Waals surface area contributed by atoms with Gasteiger partial charge in [-0.2, -0.15) is 0 Å². The molecule has 2 aliphatic rings. The Morgan fingerprint density at radius 3 is 2.50 bits per heavy atom. The smallest absolute Gasteiger partial charge is 0.246 e. The monoisotopic (exact) mass is 224 g/mol. The van der Waals surface area contributed by atoms with Gasteiger partial charge in [-0.05, 0) is 39.0 Å². The molecule has 1 aliphatic heterocycles. The molecule has 2 rings (SSSR count). The molecule has 4 heteroatoms. The van der Waals surface area contributed by atoms with Crippen LogP contribution >= 0.6 is 0 Å². The normalized spacial score (nSPS) is 29.2. The van der Waals surface area contributed by atoms with Gasteiger partial charge in [-0.3, -0.25) is 9.59 Å². The molecule has 1 heterocycles. The van der Waals surface area contributed by atoms with Crippen LogP contribution in [0.15, 0.2) is 0 Å². The molecular formula is C12H20N2O2. The van der Waals surface area contributed by atoms with Crippen molar-refractivity contribution in [3.63, 3.8) is 0 Å². The van der Waals surface area contributed by atoms with Crippen LogP contribution in [0.3, 0.4) is 0 Å². The van der Waals surface area contributed by atoms with Crippen molar-refractivity contribution < 1.29 is 9.59 Å². The van der Waals surface area contributed by atoms with Crippen molar-refractivity contribution >= 4 is 11.8 Å². The van der Waals surface area contributed by atoms with Gasteiger partial charge in [0.25, 0.3) is 0 Å². The number of nitrogens with one attached hydrogen (secondary N) is 1. The van der Waals surface area contributed by atoms with Crippen molar-refractivity contribution in [2.24, 2.45) is 5.92 Å². The van der Waals surface area contributed by atoms with Gasteiger partial charge in [0.05, 0.1) is 0 Å². The van der Waals surface area contributed by atoms with Crippen molar-refractivity contribution in [2.45, 2.75) is 51.6 Å². The van der Waals surface area contributed by atoms with Gasteiger partial charge in [-0.15, -0.1) is 0 Å². The molecule has 16 heavy (non-hydrogen) atoms. The summed E-state index contributed by atoms with van der Waals surface area (Å²) in [6.45, 7) is 6.34. The second-order valence-corrected chi connectivity index (χ2v) is 5.34. The Morgan fingerprint density at radius 1 is 1.38 bits per heavy atom. The molecule has 1 saturated heterocycles. The average Bonchev–Trinajstić information content (AvgIpc) is 3.02. The predicted molar refractivity (Wildman–Crippen MR) is 60.7 cm³/mol. The fourth-order valence-corrected chi connectivity index (χ4v) is 2.31. The molecule has 2 amide bonds. The van der Waals surface area contributed by atoms with Crippen LogP contribution in [0.5, 0.6) is 0 Å². The van der Waals surface area contributed by atoms with Crippen LogP contribution in [0, 0.1) is 5.92 Å². The van der Waals surface area contributed by atoms with Gasteiger partial charge in [0, 0.05) is 6.54 Å². The molecule has 0 spiro atoms. The lowest BCUT2D eigenvalue weighted by Gasteiger charge is -2.44. The highest BCUT2D eigenvalue weighted by Crippen LogP contribution is 2.36. The quantitative estimate of drug-likeness (QED) is 0.774. The third-order valence-electron chi connectivity index (χ3n) is 3.59. The summed E-state index contributed by atoms with van der Waals surface area (Å²) in [7, 11) is 0. The van der Waals surface area contributed by atoms with Gasteiger partial charge >= 0.3 is 0 Å². The Balaban J connectivity index is 2.21. The van der Waals surface area contributed by atoms with Crippen LogP contribution in [0.4, 0.5) is 0 Å². The van der Waals surface area contributed by atoms with Gasteiger partial charge in [-0.1, -0.05) is 6.92 Å². The zero-order valence-electron chi connectivity index (χ0n) is 10.2. The van der Waals surface area contributed by atoms with E-state index in [1.165, 1.54) is 0 Å². The molecular weight excluding hydrogens is 204 g/mol. The highest BCUT2D eigenvalue weighted by molar-refractivity contribution is 5.99. The highest BCUT2D eigenvalue weighted by Gasteiger charge is 2.50. The molecule has 2 fully saturated rings. The number of hydrogen-bond donors (Lipinski definition) is 1. The van der Waals surface area contributed by atoms with Crippen molar-refractivity contribution in [3.8, 4) is 0 Å². The lowest BCUT2D eigenvalue weighted by atomic mass is 9.94. The lowest BCUT2D eigenvalue weighted by molar-refractivity contribution is -0.155. The number of carbonyl (C=O) groups is 2. The summed E-state index contributed by atoms with van der Waals surface area (Å²) in [5.74, 6) is 0.471. The minimum atomic E-state index is -0.696. The number of piperazine rings is 1.